The van der Waals surface area contributed by atoms with Crippen molar-refractivity contribution in [2.75, 3.05) is 0 Å². The van der Waals surface area contributed by atoms with Crippen molar-refractivity contribution in [3.8, 4) is 11.9 Å². The van der Waals surface area contributed by atoms with Crippen molar-refractivity contribution >= 4 is 10.9 Å². The van der Waals surface area contributed by atoms with Crippen molar-refractivity contribution in [3.63, 3.8) is 0 Å². The maximum atomic E-state index is 9.30. The van der Waals surface area contributed by atoms with E-state index >= 15 is 0 Å². The number of ether oxygens (including phenoxy) is 2. The third-order valence-corrected chi connectivity index (χ3v) is 3.75. The van der Waals surface area contributed by atoms with Gasteiger partial charge in [0.15, 0.2) is 0 Å². The molecule has 4 nitrogen and oxygen atoms in total. The second-order valence-corrected chi connectivity index (χ2v) is 5.61. The predicted molar refractivity (Wildman–Crippen MR) is 80.1 cm³/mol. The minimum atomic E-state index is 0.0870. The summed E-state index contributed by atoms with van der Waals surface area (Å²) in [6.45, 7) is 4.11. The summed E-state index contributed by atoms with van der Waals surface area (Å²) < 4.78 is 11.7. The summed E-state index contributed by atoms with van der Waals surface area (Å²) in [4.78, 5) is 4.51. The van der Waals surface area contributed by atoms with Gasteiger partial charge in [-0.2, -0.15) is 5.26 Å². The lowest BCUT2D eigenvalue weighted by atomic mass is 10.0. The van der Waals surface area contributed by atoms with Crippen LogP contribution in [0.25, 0.3) is 10.9 Å². The van der Waals surface area contributed by atoms with Crippen molar-refractivity contribution in [1.82, 2.24) is 4.98 Å². The monoisotopic (exact) mass is 282 g/mol. The van der Waals surface area contributed by atoms with E-state index in [1.54, 1.807) is 6.07 Å². The Labute approximate surface area is 124 Å². The summed E-state index contributed by atoms with van der Waals surface area (Å²) in [7, 11) is 0. The molecule has 1 aromatic heterocycles. The van der Waals surface area contributed by atoms with Crippen LogP contribution in [-0.2, 0) is 4.74 Å². The van der Waals surface area contributed by atoms with Crippen molar-refractivity contribution in [1.29, 1.82) is 5.26 Å². The molecule has 1 aliphatic rings. The lowest BCUT2D eigenvalue weighted by Crippen LogP contribution is -2.35. The Hall–Kier alpha value is -2.12. The average Bonchev–Trinajstić information content (AvgIpc) is 2.45. The summed E-state index contributed by atoms with van der Waals surface area (Å²) in [5.41, 5.74) is 1.39. The van der Waals surface area contributed by atoms with Crippen LogP contribution < -0.4 is 4.74 Å². The predicted octanol–water partition coefficient (Wildman–Crippen LogP) is 3.44. The topological polar surface area (TPSA) is 55.1 Å². The molecular formula is C17H18N2O2. The molecule has 0 spiro atoms. The molecule has 1 fully saturated rings. The van der Waals surface area contributed by atoms with Crippen LogP contribution in [0, 0.1) is 11.3 Å². The van der Waals surface area contributed by atoms with Gasteiger partial charge in [0, 0.05) is 24.3 Å². The van der Waals surface area contributed by atoms with Crippen LogP contribution in [0.5, 0.6) is 5.88 Å². The molecule has 0 radical (unpaired) electrons. The number of nitriles is 1. The number of para-hydroxylation sites is 1. The highest BCUT2D eigenvalue weighted by Crippen LogP contribution is 2.26. The summed E-state index contributed by atoms with van der Waals surface area (Å²) in [5.74, 6) is 0.525. The standard InChI is InChI=1S/C17H18N2O2/c1-11-7-14(8-12(2)20-11)21-17-9-13(10-18)15-5-3-4-6-16(15)19-17/h3-6,9,11-12,14H,7-8H2,1-2H3. The van der Waals surface area contributed by atoms with E-state index in [-0.39, 0.29) is 18.3 Å². The van der Waals surface area contributed by atoms with Gasteiger partial charge in [0.25, 0.3) is 0 Å². The quantitative estimate of drug-likeness (QED) is 0.846. The van der Waals surface area contributed by atoms with Gasteiger partial charge in [-0.15, -0.1) is 0 Å². The fourth-order valence-electron chi connectivity index (χ4n) is 2.92. The molecule has 2 heterocycles. The van der Waals surface area contributed by atoms with Crippen LogP contribution >= 0.6 is 0 Å². The van der Waals surface area contributed by atoms with E-state index in [4.69, 9.17) is 9.47 Å². The van der Waals surface area contributed by atoms with Crippen LogP contribution in [0.2, 0.25) is 0 Å². The number of rotatable bonds is 2. The van der Waals surface area contributed by atoms with Crippen LogP contribution in [0.3, 0.4) is 0 Å². The Morgan fingerprint density at radius 2 is 1.95 bits per heavy atom. The number of benzene rings is 1. The molecule has 21 heavy (non-hydrogen) atoms. The van der Waals surface area contributed by atoms with Gasteiger partial charge in [-0.05, 0) is 19.9 Å². The average molecular weight is 282 g/mol. The third-order valence-electron chi connectivity index (χ3n) is 3.75. The van der Waals surface area contributed by atoms with Gasteiger partial charge in [-0.25, -0.2) is 4.98 Å². The largest absolute Gasteiger partial charge is 0.474 e. The molecule has 1 saturated heterocycles. The van der Waals surface area contributed by atoms with Crippen molar-refractivity contribution in [2.24, 2.45) is 0 Å². The maximum Gasteiger partial charge on any atom is 0.215 e. The first kappa shape index (κ1) is 13.8. The highest BCUT2D eigenvalue weighted by Gasteiger charge is 2.26. The minimum absolute atomic E-state index is 0.0870. The fourth-order valence-corrected chi connectivity index (χ4v) is 2.92. The molecule has 108 valence electrons. The smallest absolute Gasteiger partial charge is 0.215 e. The molecule has 2 unspecified atom stereocenters. The van der Waals surface area contributed by atoms with Gasteiger partial charge in [0.1, 0.15) is 12.2 Å². The number of hydrogen-bond donors (Lipinski definition) is 0. The zero-order chi connectivity index (χ0) is 14.8. The molecule has 1 aliphatic heterocycles. The van der Waals surface area contributed by atoms with E-state index in [9.17, 15) is 5.26 Å². The second kappa shape index (κ2) is 5.71. The summed E-state index contributed by atoms with van der Waals surface area (Å²) in [6.07, 6.45) is 2.16. The first-order chi connectivity index (χ1) is 10.2. The maximum absolute atomic E-state index is 9.30. The normalized spacial score (nSPS) is 25.5. The van der Waals surface area contributed by atoms with E-state index in [0.29, 0.717) is 11.4 Å². The van der Waals surface area contributed by atoms with E-state index in [0.717, 1.165) is 23.7 Å². The number of nitrogens with zero attached hydrogens (tertiary/aromatic N) is 2. The molecule has 0 saturated carbocycles. The summed E-state index contributed by atoms with van der Waals surface area (Å²) in [5, 5.41) is 10.2. The van der Waals surface area contributed by atoms with Crippen molar-refractivity contribution in [2.45, 2.75) is 45.0 Å². The fraction of sp³-hybridized carbons (Fsp3) is 0.412. The molecule has 0 bridgehead atoms. The van der Waals surface area contributed by atoms with Gasteiger partial charge in [0.05, 0.1) is 23.3 Å². The number of pyridine rings is 1. The summed E-state index contributed by atoms with van der Waals surface area (Å²) >= 11 is 0. The molecule has 4 heteroatoms. The van der Waals surface area contributed by atoms with Gasteiger partial charge < -0.3 is 9.47 Å². The summed E-state index contributed by atoms with van der Waals surface area (Å²) in [6, 6.07) is 11.6. The molecule has 2 atom stereocenters. The Morgan fingerprint density at radius 3 is 2.67 bits per heavy atom. The van der Waals surface area contributed by atoms with Crippen LogP contribution in [0.4, 0.5) is 0 Å². The number of fused-ring (bicyclic) bond motifs is 1. The van der Waals surface area contributed by atoms with Gasteiger partial charge in [-0.1, -0.05) is 18.2 Å². The highest BCUT2D eigenvalue weighted by molar-refractivity contribution is 5.85. The Morgan fingerprint density at radius 1 is 1.24 bits per heavy atom. The number of aromatic nitrogens is 1. The van der Waals surface area contributed by atoms with E-state index in [2.05, 4.69) is 24.9 Å². The zero-order valence-electron chi connectivity index (χ0n) is 12.2. The van der Waals surface area contributed by atoms with E-state index in [1.807, 2.05) is 24.3 Å². The lowest BCUT2D eigenvalue weighted by molar-refractivity contribution is -0.0729. The molecule has 0 aliphatic carbocycles. The minimum Gasteiger partial charge on any atom is -0.474 e. The Kier molecular flexibility index (Phi) is 3.76. The second-order valence-electron chi connectivity index (χ2n) is 5.61. The lowest BCUT2D eigenvalue weighted by Gasteiger charge is -2.32. The highest BCUT2D eigenvalue weighted by atomic mass is 16.5. The van der Waals surface area contributed by atoms with Crippen LogP contribution in [0.1, 0.15) is 32.3 Å². The number of hydrogen-bond acceptors (Lipinski definition) is 4. The zero-order valence-corrected chi connectivity index (χ0v) is 12.2. The van der Waals surface area contributed by atoms with Crippen LogP contribution in [-0.4, -0.2) is 23.3 Å². The third kappa shape index (κ3) is 2.98. The van der Waals surface area contributed by atoms with Crippen LogP contribution in [0.15, 0.2) is 30.3 Å². The van der Waals surface area contributed by atoms with E-state index in [1.165, 1.54) is 0 Å². The SMILES string of the molecule is CC1CC(Oc2cc(C#N)c3ccccc3n2)CC(C)O1. The Balaban J connectivity index is 1.89. The Bertz CT molecular complexity index is 683. The van der Waals surface area contributed by atoms with Gasteiger partial charge in [0.2, 0.25) is 5.88 Å². The molecular weight excluding hydrogens is 264 g/mol. The first-order valence-corrected chi connectivity index (χ1v) is 7.27. The first-order valence-electron chi connectivity index (χ1n) is 7.27. The van der Waals surface area contributed by atoms with Gasteiger partial charge in [-0.3, -0.25) is 0 Å². The molecule has 3 rings (SSSR count). The van der Waals surface area contributed by atoms with Crippen molar-refractivity contribution in [3.05, 3.63) is 35.9 Å². The molecule has 0 N–H and O–H groups in total. The molecule has 2 aromatic rings. The molecule has 0 amide bonds. The van der Waals surface area contributed by atoms with Crippen molar-refractivity contribution < 1.29 is 9.47 Å². The van der Waals surface area contributed by atoms with Gasteiger partial charge >= 0.3 is 0 Å². The van der Waals surface area contributed by atoms with E-state index < -0.39 is 0 Å². The molecule has 1 aromatic carbocycles.